The van der Waals surface area contributed by atoms with Crippen molar-refractivity contribution in [3.8, 4) is 0 Å². The minimum absolute atomic E-state index is 0.0869. The fourth-order valence-electron chi connectivity index (χ4n) is 1.23. The molecule has 0 bridgehead atoms. The van der Waals surface area contributed by atoms with Gasteiger partial charge in [0.25, 0.3) is 0 Å². The molecule has 0 saturated heterocycles. The second kappa shape index (κ2) is 6.33. The van der Waals surface area contributed by atoms with Gasteiger partial charge < -0.3 is 5.73 Å². The quantitative estimate of drug-likeness (QED) is 0.887. The lowest BCUT2D eigenvalue weighted by molar-refractivity contribution is 0.614. The summed E-state index contributed by atoms with van der Waals surface area (Å²) in [5, 5.41) is 0.345. The number of nitrogens with two attached hydrogens (primary N) is 1. The minimum atomic E-state index is -1.13. The summed E-state index contributed by atoms with van der Waals surface area (Å²) >= 11 is 5.62. The van der Waals surface area contributed by atoms with Gasteiger partial charge in [-0.1, -0.05) is 24.6 Å². The van der Waals surface area contributed by atoms with Crippen molar-refractivity contribution in [1.29, 1.82) is 0 Å². The van der Waals surface area contributed by atoms with Crippen LogP contribution in [0.2, 0.25) is 5.02 Å². The molecule has 1 aromatic rings. The standard InChI is InChI=1S/C11H15ClFNOS/c1-2-10(14)7-16(15)6-8-3-4-9(12)5-11(8)13/h3-5,10H,2,6-7,14H2,1H3. The Hall–Kier alpha value is -0.450. The van der Waals surface area contributed by atoms with Crippen molar-refractivity contribution in [3.05, 3.63) is 34.6 Å². The van der Waals surface area contributed by atoms with E-state index in [1.807, 2.05) is 6.92 Å². The Bertz CT molecular complexity index is 386. The minimum Gasteiger partial charge on any atom is -0.327 e. The monoisotopic (exact) mass is 263 g/mol. The average Bonchev–Trinajstić information content (AvgIpc) is 2.22. The van der Waals surface area contributed by atoms with Gasteiger partial charge in [-0.25, -0.2) is 4.39 Å². The van der Waals surface area contributed by atoms with E-state index in [0.717, 1.165) is 6.42 Å². The third-order valence-electron chi connectivity index (χ3n) is 2.26. The van der Waals surface area contributed by atoms with E-state index in [1.165, 1.54) is 6.07 Å². The van der Waals surface area contributed by atoms with E-state index >= 15 is 0 Å². The van der Waals surface area contributed by atoms with Gasteiger partial charge in [-0.3, -0.25) is 4.21 Å². The van der Waals surface area contributed by atoms with Gasteiger partial charge >= 0.3 is 0 Å². The molecule has 2 nitrogen and oxygen atoms in total. The SMILES string of the molecule is CCC(N)CS(=O)Cc1ccc(Cl)cc1F. The van der Waals surface area contributed by atoms with E-state index < -0.39 is 16.6 Å². The van der Waals surface area contributed by atoms with Crippen molar-refractivity contribution in [1.82, 2.24) is 0 Å². The number of hydrogen-bond acceptors (Lipinski definition) is 2. The molecule has 1 rings (SSSR count). The van der Waals surface area contributed by atoms with Crippen molar-refractivity contribution in [2.75, 3.05) is 5.75 Å². The van der Waals surface area contributed by atoms with Crippen LogP contribution in [0, 0.1) is 5.82 Å². The number of hydrogen-bond donors (Lipinski definition) is 1. The van der Waals surface area contributed by atoms with Gasteiger partial charge in [0.15, 0.2) is 0 Å². The van der Waals surface area contributed by atoms with Gasteiger partial charge in [0.05, 0.1) is 5.75 Å². The van der Waals surface area contributed by atoms with Crippen LogP contribution in [0.1, 0.15) is 18.9 Å². The van der Waals surface area contributed by atoms with Crippen molar-refractivity contribution in [3.63, 3.8) is 0 Å². The summed E-state index contributed by atoms with van der Waals surface area (Å²) < 4.78 is 25.0. The Labute approximate surface area is 102 Å². The molecule has 2 unspecified atom stereocenters. The third-order valence-corrected chi connectivity index (χ3v) is 3.92. The fraction of sp³-hybridized carbons (Fsp3) is 0.455. The van der Waals surface area contributed by atoms with Gasteiger partial charge in [-0.05, 0) is 18.6 Å². The summed E-state index contributed by atoms with van der Waals surface area (Å²) in [6.07, 6.45) is 0.773. The molecular formula is C11H15ClFNOS. The molecule has 0 aliphatic rings. The maximum absolute atomic E-state index is 13.4. The van der Waals surface area contributed by atoms with Gasteiger partial charge in [0.2, 0.25) is 0 Å². The van der Waals surface area contributed by atoms with Crippen LogP contribution in [0.3, 0.4) is 0 Å². The zero-order valence-electron chi connectivity index (χ0n) is 9.08. The lowest BCUT2D eigenvalue weighted by Gasteiger charge is -2.08. The molecule has 0 radical (unpaired) electrons. The third kappa shape index (κ3) is 4.20. The lowest BCUT2D eigenvalue weighted by Crippen LogP contribution is -2.26. The van der Waals surface area contributed by atoms with Gasteiger partial charge in [0.1, 0.15) is 5.82 Å². The Morgan fingerprint density at radius 3 is 2.81 bits per heavy atom. The summed E-state index contributed by atoms with van der Waals surface area (Å²) in [5.74, 6) is 0.181. The van der Waals surface area contributed by atoms with Crippen LogP contribution in [0.25, 0.3) is 0 Å². The number of rotatable bonds is 5. The largest absolute Gasteiger partial charge is 0.327 e. The maximum Gasteiger partial charge on any atom is 0.128 e. The molecule has 2 atom stereocenters. The van der Waals surface area contributed by atoms with E-state index in [4.69, 9.17) is 17.3 Å². The first-order valence-electron chi connectivity index (χ1n) is 5.07. The highest BCUT2D eigenvalue weighted by Crippen LogP contribution is 2.16. The molecule has 16 heavy (non-hydrogen) atoms. The van der Waals surface area contributed by atoms with Crippen LogP contribution in [-0.2, 0) is 16.6 Å². The Morgan fingerprint density at radius 1 is 1.56 bits per heavy atom. The van der Waals surface area contributed by atoms with Crippen molar-refractivity contribution in [2.45, 2.75) is 25.1 Å². The first kappa shape index (κ1) is 13.6. The lowest BCUT2D eigenvalue weighted by atomic mass is 10.2. The molecule has 0 fully saturated rings. The molecule has 0 spiro atoms. The molecule has 0 aliphatic heterocycles. The first-order valence-corrected chi connectivity index (χ1v) is 6.94. The van der Waals surface area contributed by atoms with Gasteiger partial charge in [-0.2, -0.15) is 0 Å². The van der Waals surface area contributed by atoms with E-state index in [1.54, 1.807) is 12.1 Å². The van der Waals surface area contributed by atoms with E-state index in [-0.39, 0.29) is 11.8 Å². The summed E-state index contributed by atoms with van der Waals surface area (Å²) in [4.78, 5) is 0. The molecule has 2 N–H and O–H groups in total. The highest BCUT2D eigenvalue weighted by atomic mass is 35.5. The van der Waals surface area contributed by atoms with Crippen molar-refractivity contribution >= 4 is 22.4 Å². The van der Waals surface area contributed by atoms with Crippen LogP contribution in [0.15, 0.2) is 18.2 Å². The Balaban J connectivity index is 2.63. The van der Waals surface area contributed by atoms with Gasteiger partial charge in [0, 0.05) is 33.2 Å². The molecule has 90 valence electrons. The van der Waals surface area contributed by atoms with Crippen LogP contribution in [0.5, 0.6) is 0 Å². The van der Waals surface area contributed by atoms with Crippen LogP contribution < -0.4 is 5.73 Å². The molecule has 1 aromatic carbocycles. The average molecular weight is 264 g/mol. The summed E-state index contributed by atoms with van der Waals surface area (Å²) in [6.45, 7) is 1.94. The maximum atomic E-state index is 13.4. The second-order valence-corrected chi connectivity index (χ2v) is 5.59. The van der Waals surface area contributed by atoms with Gasteiger partial charge in [-0.15, -0.1) is 0 Å². The highest BCUT2D eigenvalue weighted by molar-refractivity contribution is 7.84. The highest BCUT2D eigenvalue weighted by Gasteiger charge is 2.10. The fourth-order valence-corrected chi connectivity index (χ4v) is 2.80. The van der Waals surface area contributed by atoms with Crippen LogP contribution in [0.4, 0.5) is 4.39 Å². The smallest absolute Gasteiger partial charge is 0.128 e. The zero-order chi connectivity index (χ0) is 12.1. The molecule has 0 saturated carbocycles. The second-order valence-electron chi connectivity index (χ2n) is 3.65. The molecule has 0 aliphatic carbocycles. The number of halogens is 2. The predicted octanol–water partition coefficient (Wildman–Crippen LogP) is 2.47. The van der Waals surface area contributed by atoms with Crippen molar-refractivity contribution < 1.29 is 8.60 Å². The molecular weight excluding hydrogens is 249 g/mol. The van der Waals surface area contributed by atoms with Crippen molar-refractivity contribution in [2.24, 2.45) is 5.73 Å². The molecule has 0 aromatic heterocycles. The van der Waals surface area contributed by atoms with E-state index in [2.05, 4.69) is 0 Å². The Kier molecular flexibility index (Phi) is 5.38. The summed E-state index contributed by atoms with van der Waals surface area (Å²) in [5.41, 5.74) is 6.10. The Morgan fingerprint density at radius 2 is 2.25 bits per heavy atom. The molecule has 0 amide bonds. The summed E-state index contributed by atoms with van der Waals surface area (Å²) in [7, 11) is -1.13. The molecule has 0 heterocycles. The van der Waals surface area contributed by atoms with E-state index in [0.29, 0.717) is 16.3 Å². The topological polar surface area (TPSA) is 43.1 Å². The predicted molar refractivity (Wildman–Crippen MR) is 66.4 cm³/mol. The first-order chi connectivity index (χ1) is 7.52. The van der Waals surface area contributed by atoms with Crippen LogP contribution in [-0.4, -0.2) is 16.0 Å². The summed E-state index contributed by atoms with van der Waals surface area (Å²) in [6, 6.07) is 4.30. The van der Waals surface area contributed by atoms with E-state index in [9.17, 15) is 8.60 Å². The normalized spacial score (nSPS) is 14.8. The van der Waals surface area contributed by atoms with Crippen LogP contribution >= 0.6 is 11.6 Å². The molecule has 5 heteroatoms. The zero-order valence-corrected chi connectivity index (χ0v) is 10.7. The number of benzene rings is 1.